The Bertz CT molecular complexity index is 1440. The number of aromatic nitrogens is 6. The van der Waals surface area contributed by atoms with E-state index in [1.807, 2.05) is 25.1 Å². The Labute approximate surface area is 218 Å². The lowest BCUT2D eigenvalue weighted by Crippen LogP contribution is -2.34. The molecule has 4 aromatic rings. The fourth-order valence-corrected chi connectivity index (χ4v) is 5.26. The molecule has 1 atom stereocenters. The number of nitrogens with zero attached hydrogens (tertiary/aromatic N) is 6. The third-order valence-electron chi connectivity index (χ3n) is 7.09. The lowest BCUT2D eigenvalue weighted by atomic mass is 9.88. The van der Waals surface area contributed by atoms with Crippen LogP contribution in [0.1, 0.15) is 48.1 Å². The molecule has 2 aliphatic heterocycles. The van der Waals surface area contributed by atoms with Gasteiger partial charge < -0.3 is 9.47 Å². The highest BCUT2D eigenvalue weighted by molar-refractivity contribution is 6.30. The number of rotatable bonds is 5. The smallest absolute Gasteiger partial charge is 0.278 e. The van der Waals surface area contributed by atoms with Crippen molar-refractivity contribution in [1.29, 1.82) is 0 Å². The number of hydrogen-bond donors (Lipinski definition) is 1. The monoisotopic (exact) mass is 521 g/mol. The van der Waals surface area contributed by atoms with Crippen LogP contribution in [0.25, 0.3) is 11.5 Å². The molecule has 0 bridgehead atoms. The van der Waals surface area contributed by atoms with Gasteiger partial charge in [-0.1, -0.05) is 23.7 Å². The number of H-pyrrole nitrogens is 1. The van der Waals surface area contributed by atoms with Gasteiger partial charge in [0.15, 0.2) is 11.5 Å². The highest BCUT2D eigenvalue weighted by Gasteiger charge is 2.42. The average Bonchev–Trinajstić information content (AvgIpc) is 3.53. The van der Waals surface area contributed by atoms with Crippen molar-refractivity contribution in [3.05, 3.63) is 75.7 Å². The van der Waals surface area contributed by atoms with Crippen LogP contribution in [0.5, 0.6) is 11.5 Å². The highest BCUT2D eigenvalue weighted by Crippen LogP contribution is 2.49. The highest BCUT2D eigenvalue weighted by atomic mass is 35.5. The van der Waals surface area contributed by atoms with Gasteiger partial charge in [-0.25, -0.2) is 4.39 Å². The van der Waals surface area contributed by atoms with Crippen molar-refractivity contribution in [2.45, 2.75) is 44.9 Å². The molecule has 2 aromatic heterocycles. The Morgan fingerprint density at radius 3 is 2.68 bits per heavy atom. The van der Waals surface area contributed by atoms with Crippen LogP contribution in [0.15, 0.2) is 42.5 Å². The zero-order valence-corrected chi connectivity index (χ0v) is 21.2. The van der Waals surface area contributed by atoms with Gasteiger partial charge in [-0.05, 0) is 79.9 Å². The first-order valence-electron chi connectivity index (χ1n) is 12.2. The summed E-state index contributed by atoms with van der Waals surface area (Å²) in [6.07, 6.45) is 1.92. The van der Waals surface area contributed by atoms with Gasteiger partial charge in [0.25, 0.3) is 5.79 Å². The number of hydrogen-bond acceptors (Lipinski definition) is 8. The van der Waals surface area contributed by atoms with Crippen LogP contribution < -0.4 is 9.47 Å². The van der Waals surface area contributed by atoms with Gasteiger partial charge in [0.1, 0.15) is 11.5 Å². The van der Waals surface area contributed by atoms with Crippen LogP contribution in [-0.4, -0.2) is 48.8 Å². The molecule has 9 nitrogen and oxygen atoms in total. The lowest BCUT2D eigenvalue weighted by molar-refractivity contribution is -0.0712. The van der Waals surface area contributed by atoms with E-state index in [4.69, 9.17) is 21.1 Å². The second kappa shape index (κ2) is 9.35. The number of aromatic amines is 1. The summed E-state index contributed by atoms with van der Waals surface area (Å²) < 4.78 is 27.1. The molecule has 0 spiro atoms. The topological polar surface area (TPSA) is 102 Å². The van der Waals surface area contributed by atoms with Gasteiger partial charge in [0.2, 0.25) is 5.82 Å². The molecule has 4 heterocycles. The molecule has 1 fully saturated rings. The van der Waals surface area contributed by atoms with Gasteiger partial charge in [-0.15, -0.1) is 15.3 Å². The number of ether oxygens (including phenoxy) is 2. The van der Waals surface area contributed by atoms with E-state index in [1.54, 1.807) is 19.1 Å². The average molecular weight is 522 g/mol. The number of aryl methyl sites for hydroxylation is 1. The van der Waals surface area contributed by atoms with Gasteiger partial charge in [-0.3, -0.25) is 4.90 Å². The van der Waals surface area contributed by atoms with Crippen LogP contribution in [0.3, 0.4) is 0 Å². The van der Waals surface area contributed by atoms with Gasteiger partial charge in [0.05, 0.1) is 11.3 Å². The predicted octanol–water partition coefficient (Wildman–Crippen LogP) is 4.78. The van der Waals surface area contributed by atoms with Crippen LogP contribution in [0.2, 0.25) is 5.02 Å². The molecule has 37 heavy (non-hydrogen) atoms. The van der Waals surface area contributed by atoms with Crippen molar-refractivity contribution in [3.63, 3.8) is 0 Å². The number of tetrazole rings is 1. The molecular formula is C26H25ClFN7O2. The maximum absolute atomic E-state index is 14.7. The van der Waals surface area contributed by atoms with E-state index in [9.17, 15) is 4.39 Å². The summed E-state index contributed by atoms with van der Waals surface area (Å²) in [7, 11) is 0. The van der Waals surface area contributed by atoms with Crippen LogP contribution in [-0.2, 0) is 12.3 Å². The normalized spacial score (nSPS) is 19.9. The summed E-state index contributed by atoms with van der Waals surface area (Å²) in [5.41, 5.74) is 3.98. The first kappa shape index (κ1) is 23.7. The Kier molecular flexibility index (Phi) is 6.00. The van der Waals surface area contributed by atoms with E-state index < -0.39 is 11.6 Å². The predicted molar refractivity (Wildman–Crippen MR) is 134 cm³/mol. The second-order valence-electron chi connectivity index (χ2n) is 9.59. The molecule has 0 amide bonds. The van der Waals surface area contributed by atoms with Crippen LogP contribution in [0, 0.1) is 12.7 Å². The Morgan fingerprint density at radius 1 is 1.11 bits per heavy atom. The molecular weight excluding hydrogens is 497 g/mol. The van der Waals surface area contributed by atoms with Crippen molar-refractivity contribution in [2.24, 2.45) is 0 Å². The van der Waals surface area contributed by atoms with E-state index >= 15 is 0 Å². The van der Waals surface area contributed by atoms with Gasteiger partial charge in [-0.2, -0.15) is 10.3 Å². The molecule has 0 aliphatic carbocycles. The quantitative estimate of drug-likeness (QED) is 0.400. The summed E-state index contributed by atoms with van der Waals surface area (Å²) in [5, 5.41) is 23.0. The fourth-order valence-electron chi connectivity index (χ4n) is 5.10. The number of piperidine rings is 1. The maximum Gasteiger partial charge on any atom is 0.278 e. The molecule has 0 radical (unpaired) electrons. The first-order chi connectivity index (χ1) is 17.9. The third-order valence-corrected chi connectivity index (χ3v) is 7.33. The van der Waals surface area contributed by atoms with E-state index in [0.717, 1.165) is 49.3 Å². The van der Waals surface area contributed by atoms with E-state index in [-0.39, 0.29) is 0 Å². The summed E-state index contributed by atoms with van der Waals surface area (Å²) >= 11 is 5.94. The molecule has 1 N–H and O–H groups in total. The van der Waals surface area contributed by atoms with E-state index in [0.29, 0.717) is 39.5 Å². The van der Waals surface area contributed by atoms with Crippen molar-refractivity contribution < 1.29 is 13.9 Å². The summed E-state index contributed by atoms with van der Waals surface area (Å²) in [6, 6.07) is 12.4. The standard InChI is InChI=1S/C26H25ClFN7O2/c1-15-12-21(25-31-33-34-32-25)29-30-22(15)14-35-10-8-16(9-11-35)18-4-3-5-23-24(18)37-26(2,36-23)19-7-6-17(27)13-20(19)28/h3-7,12-13,16H,8-11,14H2,1-2H3,(H,31,32,33,34)/t26-/m1/s1. The van der Waals surface area contributed by atoms with Crippen molar-refractivity contribution in [3.8, 4) is 23.0 Å². The fraction of sp³-hybridized carbons (Fsp3) is 0.346. The molecule has 2 aliphatic rings. The summed E-state index contributed by atoms with van der Waals surface area (Å²) in [4.78, 5) is 2.38. The maximum atomic E-state index is 14.7. The number of nitrogens with one attached hydrogen (secondary N) is 1. The Balaban J connectivity index is 1.14. The molecule has 11 heteroatoms. The zero-order chi connectivity index (χ0) is 25.6. The first-order valence-corrected chi connectivity index (χ1v) is 12.5. The Morgan fingerprint density at radius 2 is 1.95 bits per heavy atom. The molecule has 6 rings (SSSR count). The number of halogens is 2. The molecule has 190 valence electrons. The molecule has 1 saturated heterocycles. The molecule has 2 aromatic carbocycles. The second-order valence-corrected chi connectivity index (χ2v) is 10.0. The summed E-state index contributed by atoms with van der Waals surface area (Å²) in [6.45, 7) is 6.29. The van der Waals surface area contributed by atoms with Crippen molar-refractivity contribution in [2.75, 3.05) is 13.1 Å². The molecule has 0 unspecified atom stereocenters. The SMILES string of the molecule is Cc1cc(-c2nn[nH]n2)nnc1CN1CCC(c2cccc3c2O[C@](C)(c2ccc(Cl)cc2F)O3)CC1. The Hall–Kier alpha value is -3.63. The zero-order valence-electron chi connectivity index (χ0n) is 20.4. The van der Waals surface area contributed by atoms with Crippen LogP contribution in [0.4, 0.5) is 4.39 Å². The minimum Gasteiger partial charge on any atom is -0.444 e. The van der Waals surface area contributed by atoms with Crippen molar-refractivity contribution >= 4 is 11.6 Å². The summed E-state index contributed by atoms with van der Waals surface area (Å²) in [5.74, 6) is 0.347. The van der Waals surface area contributed by atoms with Gasteiger partial charge in [0, 0.05) is 24.1 Å². The van der Waals surface area contributed by atoms with Crippen LogP contribution >= 0.6 is 11.6 Å². The number of likely N-dealkylation sites (tertiary alicyclic amines) is 1. The van der Waals surface area contributed by atoms with Crippen molar-refractivity contribution in [1.82, 2.24) is 35.7 Å². The minimum absolute atomic E-state index is 0.306. The van der Waals surface area contributed by atoms with E-state index in [1.165, 1.54) is 6.07 Å². The number of para-hydroxylation sites is 1. The van der Waals surface area contributed by atoms with Gasteiger partial charge >= 0.3 is 0 Å². The van der Waals surface area contributed by atoms with E-state index in [2.05, 4.69) is 41.8 Å². The number of fused-ring (bicyclic) bond motifs is 1. The number of benzene rings is 2. The minimum atomic E-state index is -1.25. The largest absolute Gasteiger partial charge is 0.444 e. The third kappa shape index (κ3) is 4.51. The molecule has 0 saturated carbocycles. The lowest BCUT2D eigenvalue weighted by Gasteiger charge is -2.32.